The van der Waals surface area contributed by atoms with Crippen LogP contribution in [0.15, 0.2) is 48.8 Å². The highest BCUT2D eigenvalue weighted by molar-refractivity contribution is 6.30. The fourth-order valence-corrected chi connectivity index (χ4v) is 0.954. The van der Waals surface area contributed by atoms with Crippen LogP contribution in [0, 0.1) is 0 Å². The molecule has 1 aromatic heterocycles. The lowest BCUT2D eigenvalue weighted by Crippen LogP contribution is -1.73. The first kappa shape index (κ1) is 11.0. The standard InChI is InChI=1S/C6H5Cl.C4H3ClN2/c7-6-4-2-1-3-5-6;5-4-6-2-1-3-7-4/h1-5H;1-3H. The second kappa shape index (κ2) is 6.35. The molecule has 0 unspecified atom stereocenters. The Morgan fingerprint density at radius 2 is 1.36 bits per heavy atom. The van der Waals surface area contributed by atoms with Gasteiger partial charge in [-0.1, -0.05) is 29.8 Å². The molecule has 72 valence electrons. The monoisotopic (exact) mass is 226 g/mol. The molecule has 0 saturated carbocycles. The molecular formula is C10H8Cl2N2. The molecule has 0 bridgehead atoms. The summed E-state index contributed by atoms with van der Waals surface area (Å²) in [6.45, 7) is 0. The summed E-state index contributed by atoms with van der Waals surface area (Å²) in [6.07, 6.45) is 3.19. The lowest BCUT2D eigenvalue weighted by molar-refractivity contribution is 1.17. The van der Waals surface area contributed by atoms with E-state index >= 15 is 0 Å². The van der Waals surface area contributed by atoms with Gasteiger partial charge in [-0.2, -0.15) is 0 Å². The first-order valence-electron chi connectivity index (χ1n) is 3.92. The van der Waals surface area contributed by atoms with Gasteiger partial charge in [0.1, 0.15) is 0 Å². The molecule has 0 N–H and O–H groups in total. The number of nitrogens with zero attached hydrogens (tertiary/aromatic N) is 2. The summed E-state index contributed by atoms with van der Waals surface area (Å²) in [5.74, 6) is 0. The van der Waals surface area contributed by atoms with Gasteiger partial charge in [-0.25, -0.2) is 9.97 Å². The largest absolute Gasteiger partial charge is 0.227 e. The highest BCUT2D eigenvalue weighted by atomic mass is 35.5. The van der Waals surface area contributed by atoms with Crippen molar-refractivity contribution in [3.8, 4) is 0 Å². The average molecular weight is 227 g/mol. The summed E-state index contributed by atoms with van der Waals surface area (Å²) < 4.78 is 0. The molecule has 1 aromatic carbocycles. The van der Waals surface area contributed by atoms with E-state index in [1.165, 1.54) is 0 Å². The lowest BCUT2D eigenvalue weighted by atomic mass is 10.4. The number of hydrogen-bond acceptors (Lipinski definition) is 2. The van der Waals surface area contributed by atoms with E-state index in [1.54, 1.807) is 18.5 Å². The van der Waals surface area contributed by atoms with Crippen LogP contribution >= 0.6 is 23.2 Å². The Bertz CT molecular complexity index is 314. The Kier molecular flexibility index (Phi) is 4.97. The van der Waals surface area contributed by atoms with Crippen molar-refractivity contribution in [3.63, 3.8) is 0 Å². The van der Waals surface area contributed by atoms with Gasteiger partial charge in [0.25, 0.3) is 0 Å². The van der Waals surface area contributed by atoms with Crippen LogP contribution in [0.3, 0.4) is 0 Å². The normalized spacial score (nSPS) is 8.71. The minimum Gasteiger partial charge on any atom is -0.227 e. The third-order valence-electron chi connectivity index (χ3n) is 1.27. The molecule has 0 fully saturated rings. The zero-order chi connectivity index (χ0) is 10.2. The van der Waals surface area contributed by atoms with E-state index in [0.29, 0.717) is 5.28 Å². The number of rotatable bonds is 0. The molecule has 0 atom stereocenters. The number of halogens is 2. The van der Waals surface area contributed by atoms with E-state index in [2.05, 4.69) is 9.97 Å². The van der Waals surface area contributed by atoms with Crippen LogP contribution in [0.4, 0.5) is 0 Å². The maximum absolute atomic E-state index is 5.54. The number of hydrogen-bond donors (Lipinski definition) is 0. The predicted molar refractivity (Wildman–Crippen MR) is 58.5 cm³/mol. The van der Waals surface area contributed by atoms with E-state index in [1.807, 2.05) is 30.3 Å². The molecule has 2 nitrogen and oxygen atoms in total. The molecule has 0 aliphatic carbocycles. The molecule has 2 rings (SSSR count). The van der Waals surface area contributed by atoms with Crippen LogP contribution in [0.2, 0.25) is 10.3 Å². The van der Waals surface area contributed by atoms with Gasteiger partial charge in [0.15, 0.2) is 0 Å². The van der Waals surface area contributed by atoms with Gasteiger partial charge >= 0.3 is 0 Å². The molecule has 0 aliphatic rings. The smallest absolute Gasteiger partial charge is 0.222 e. The topological polar surface area (TPSA) is 25.8 Å². The summed E-state index contributed by atoms with van der Waals surface area (Å²) in [5, 5.41) is 1.09. The Labute approximate surface area is 92.5 Å². The van der Waals surface area contributed by atoms with Crippen LogP contribution in [-0.2, 0) is 0 Å². The fourth-order valence-electron chi connectivity index (χ4n) is 0.696. The molecule has 0 aliphatic heterocycles. The second-order valence-corrected chi connectivity index (χ2v) is 3.09. The maximum atomic E-state index is 5.54. The quantitative estimate of drug-likeness (QED) is 0.644. The van der Waals surface area contributed by atoms with E-state index in [-0.39, 0.29) is 0 Å². The van der Waals surface area contributed by atoms with Gasteiger partial charge in [-0.05, 0) is 29.8 Å². The predicted octanol–water partition coefficient (Wildman–Crippen LogP) is 3.47. The lowest BCUT2D eigenvalue weighted by Gasteiger charge is -1.80. The highest BCUT2D eigenvalue weighted by Gasteiger charge is 1.78. The van der Waals surface area contributed by atoms with Gasteiger partial charge in [0, 0.05) is 17.4 Å². The van der Waals surface area contributed by atoms with Crippen molar-refractivity contribution < 1.29 is 0 Å². The summed E-state index contributed by atoms with van der Waals surface area (Å²) in [5.41, 5.74) is 0. The number of benzene rings is 1. The zero-order valence-electron chi connectivity index (χ0n) is 7.27. The van der Waals surface area contributed by atoms with Gasteiger partial charge < -0.3 is 0 Å². The van der Waals surface area contributed by atoms with E-state index in [0.717, 1.165) is 5.02 Å². The van der Waals surface area contributed by atoms with Gasteiger partial charge in [0.05, 0.1) is 0 Å². The summed E-state index contributed by atoms with van der Waals surface area (Å²) >= 11 is 10.9. The highest BCUT2D eigenvalue weighted by Crippen LogP contribution is 2.03. The molecule has 14 heavy (non-hydrogen) atoms. The Morgan fingerprint density at radius 1 is 0.786 bits per heavy atom. The Morgan fingerprint density at radius 3 is 1.64 bits per heavy atom. The SMILES string of the molecule is Clc1ccccc1.Clc1ncccn1. The Balaban J connectivity index is 0.000000140. The molecule has 4 heteroatoms. The number of aromatic nitrogens is 2. The van der Waals surface area contributed by atoms with Crippen LogP contribution in [-0.4, -0.2) is 9.97 Å². The summed E-state index contributed by atoms with van der Waals surface area (Å²) in [6, 6.07) is 11.2. The van der Waals surface area contributed by atoms with Gasteiger partial charge in [-0.3, -0.25) is 0 Å². The van der Waals surface area contributed by atoms with Crippen molar-refractivity contribution in [1.82, 2.24) is 9.97 Å². The molecule has 1 heterocycles. The zero-order valence-corrected chi connectivity index (χ0v) is 8.78. The van der Waals surface area contributed by atoms with Crippen molar-refractivity contribution >= 4 is 23.2 Å². The van der Waals surface area contributed by atoms with Crippen molar-refractivity contribution in [2.75, 3.05) is 0 Å². The van der Waals surface area contributed by atoms with Crippen molar-refractivity contribution in [2.45, 2.75) is 0 Å². The maximum Gasteiger partial charge on any atom is 0.222 e. The molecule has 0 radical (unpaired) electrons. The first-order chi connectivity index (χ1) is 6.79. The van der Waals surface area contributed by atoms with E-state index < -0.39 is 0 Å². The van der Waals surface area contributed by atoms with Crippen molar-refractivity contribution in [2.24, 2.45) is 0 Å². The van der Waals surface area contributed by atoms with Gasteiger partial charge in [-0.15, -0.1) is 0 Å². The van der Waals surface area contributed by atoms with Crippen LogP contribution < -0.4 is 0 Å². The molecule has 0 amide bonds. The fraction of sp³-hybridized carbons (Fsp3) is 0. The van der Waals surface area contributed by atoms with E-state index in [4.69, 9.17) is 23.2 Å². The minimum absolute atomic E-state index is 0.294. The third kappa shape index (κ3) is 4.80. The molecule has 2 aromatic rings. The average Bonchev–Trinajstić information content (AvgIpc) is 2.21. The van der Waals surface area contributed by atoms with Crippen LogP contribution in [0.25, 0.3) is 0 Å². The Hall–Kier alpha value is -1.12. The van der Waals surface area contributed by atoms with Crippen molar-refractivity contribution in [1.29, 1.82) is 0 Å². The summed E-state index contributed by atoms with van der Waals surface area (Å²) in [4.78, 5) is 7.27. The van der Waals surface area contributed by atoms with Crippen LogP contribution in [0.1, 0.15) is 0 Å². The second-order valence-electron chi connectivity index (χ2n) is 2.31. The first-order valence-corrected chi connectivity index (χ1v) is 4.67. The minimum atomic E-state index is 0.294. The van der Waals surface area contributed by atoms with E-state index in [9.17, 15) is 0 Å². The molecular weight excluding hydrogens is 219 g/mol. The summed E-state index contributed by atoms with van der Waals surface area (Å²) in [7, 11) is 0. The third-order valence-corrected chi connectivity index (χ3v) is 1.71. The van der Waals surface area contributed by atoms with Gasteiger partial charge in [0.2, 0.25) is 5.28 Å². The van der Waals surface area contributed by atoms with Crippen LogP contribution in [0.5, 0.6) is 0 Å². The molecule has 0 saturated heterocycles. The van der Waals surface area contributed by atoms with Crippen molar-refractivity contribution in [3.05, 3.63) is 59.1 Å². The molecule has 0 spiro atoms.